The van der Waals surface area contributed by atoms with Crippen molar-refractivity contribution in [1.82, 2.24) is 4.40 Å². The van der Waals surface area contributed by atoms with Crippen LogP contribution in [0.5, 0.6) is 0 Å². The van der Waals surface area contributed by atoms with Gasteiger partial charge in [-0.2, -0.15) is 0 Å². The quantitative estimate of drug-likeness (QED) is 0.125. The molecule has 4 heterocycles. The number of thiophene rings is 1. The number of aliphatic imine (C=N–C) groups is 1. The summed E-state index contributed by atoms with van der Waals surface area (Å²) in [5.74, 6) is 0.813. The van der Waals surface area contributed by atoms with Crippen LogP contribution in [-0.2, 0) is 6.42 Å². The van der Waals surface area contributed by atoms with Gasteiger partial charge in [0.25, 0.3) is 0 Å². The summed E-state index contributed by atoms with van der Waals surface area (Å²) >= 11 is 1.63. The molecule has 0 fully saturated rings. The number of nitrogens with zero attached hydrogens (tertiary/aromatic N) is 2. The summed E-state index contributed by atoms with van der Waals surface area (Å²) in [4.78, 5) is 7.33. The first-order valence-electron chi connectivity index (χ1n) is 16.7. The number of hydrogen-bond acceptors (Lipinski definition) is 2. The molecule has 0 saturated heterocycles. The molecule has 5 aromatic carbocycles. The van der Waals surface area contributed by atoms with Gasteiger partial charge in [0.1, 0.15) is 0 Å². The van der Waals surface area contributed by atoms with Crippen molar-refractivity contribution < 1.29 is 21.2 Å². The Labute approximate surface area is 287 Å². The molecule has 47 heavy (non-hydrogen) atoms. The van der Waals surface area contributed by atoms with E-state index in [9.17, 15) is 0 Å². The van der Waals surface area contributed by atoms with Gasteiger partial charge in [-0.05, 0) is 0 Å². The fourth-order valence-corrected chi connectivity index (χ4v) is 14.3. The monoisotopic (exact) mass is 733 g/mol. The van der Waals surface area contributed by atoms with Crippen molar-refractivity contribution in [3.63, 3.8) is 0 Å². The van der Waals surface area contributed by atoms with Crippen LogP contribution in [-0.4, -0.2) is 8.12 Å². The van der Waals surface area contributed by atoms with Gasteiger partial charge in [0.2, 0.25) is 0 Å². The van der Waals surface area contributed by atoms with Crippen molar-refractivity contribution in [1.29, 1.82) is 0 Å². The van der Waals surface area contributed by atoms with E-state index in [0.29, 0.717) is 9.84 Å². The Kier molecular flexibility index (Phi) is 5.76. The molecule has 0 N–H and O–H groups in total. The van der Waals surface area contributed by atoms with E-state index in [1.54, 1.807) is 0 Å². The number of aryl methyl sites for hydroxylation is 1. The first-order chi connectivity index (χ1) is 23.3. The number of halogens is 1. The number of benzene rings is 5. The molecule has 11 rings (SSSR count). The third-order valence-corrected chi connectivity index (χ3v) is 16.3. The molecule has 3 unspecified atom stereocenters. The van der Waals surface area contributed by atoms with Gasteiger partial charge in [-0.25, -0.2) is 0 Å². The zero-order valence-electron chi connectivity index (χ0n) is 25.7. The second-order valence-corrected chi connectivity index (χ2v) is 17.3. The van der Waals surface area contributed by atoms with Gasteiger partial charge in [-0.1, -0.05) is 0 Å². The molecule has 0 bridgehead atoms. The molecule has 2 nitrogen and oxygen atoms in total. The molecular formula is C43H30IN2S-. The van der Waals surface area contributed by atoms with E-state index in [4.69, 9.17) is 4.99 Å². The van der Waals surface area contributed by atoms with Gasteiger partial charge in [-0.15, -0.1) is 0 Å². The molecule has 0 spiro atoms. The van der Waals surface area contributed by atoms with Crippen molar-refractivity contribution in [3.8, 4) is 11.1 Å². The number of rotatable bonds is 2. The first-order valence-corrected chi connectivity index (χ1v) is 19.8. The molecular weight excluding hydrogens is 703 g/mol. The second-order valence-electron chi connectivity index (χ2n) is 13.2. The molecule has 0 amide bonds. The summed E-state index contributed by atoms with van der Waals surface area (Å²) in [6, 6.07) is 38.8. The average Bonchev–Trinajstić information content (AvgIpc) is 3.75. The summed E-state index contributed by atoms with van der Waals surface area (Å²) in [5, 5.41) is 6.85. The number of fused-ring (bicyclic) bond motifs is 13. The molecule has 8 aromatic rings. The van der Waals surface area contributed by atoms with Gasteiger partial charge in [-0.3, -0.25) is 0 Å². The zero-order chi connectivity index (χ0) is 30.6. The number of allylic oxidation sites excluding steroid dienone is 4. The van der Waals surface area contributed by atoms with Crippen molar-refractivity contribution in [3.05, 3.63) is 143 Å². The van der Waals surface area contributed by atoms with Crippen LogP contribution < -0.4 is 21.2 Å². The van der Waals surface area contributed by atoms with Crippen LogP contribution in [0.1, 0.15) is 38.7 Å². The molecule has 4 heteroatoms. The van der Waals surface area contributed by atoms with E-state index in [1.165, 1.54) is 84.7 Å². The second kappa shape index (κ2) is 10.1. The van der Waals surface area contributed by atoms with E-state index in [1.807, 2.05) is 11.3 Å². The molecule has 226 valence electrons. The summed E-state index contributed by atoms with van der Waals surface area (Å²) in [5.41, 5.74) is 11.0. The topological polar surface area (TPSA) is 16.8 Å². The van der Waals surface area contributed by atoms with E-state index < -0.39 is 0 Å². The Morgan fingerprint density at radius 3 is 2.38 bits per heavy atom. The summed E-state index contributed by atoms with van der Waals surface area (Å²) in [7, 11) is 0. The average molecular weight is 734 g/mol. The van der Waals surface area contributed by atoms with Gasteiger partial charge >= 0.3 is 289 Å². The molecule has 3 atom stereocenters. The Balaban J connectivity index is 1.25. The minimum atomic E-state index is -0.375. The Morgan fingerprint density at radius 2 is 1.51 bits per heavy atom. The third-order valence-electron chi connectivity index (χ3n) is 10.7. The molecule has 3 aliphatic rings. The van der Waals surface area contributed by atoms with Crippen LogP contribution in [0.15, 0.2) is 132 Å². The van der Waals surface area contributed by atoms with Crippen molar-refractivity contribution >= 4 is 68.9 Å². The van der Waals surface area contributed by atoms with Gasteiger partial charge in [0, 0.05) is 0 Å². The SMILES string of the molecule is C1=CCC(C2[I-]C(C3CCc4ccccc4-c4cc5c6ccccc6n6c7ccccc7c(c43)c56)=Nc3c2sc2ccccc32)C=C1. The Morgan fingerprint density at radius 1 is 0.745 bits per heavy atom. The zero-order valence-corrected chi connectivity index (χ0v) is 28.6. The third kappa shape index (κ3) is 3.74. The minimum absolute atomic E-state index is 0.277. The van der Waals surface area contributed by atoms with Gasteiger partial charge < -0.3 is 0 Å². The van der Waals surface area contributed by atoms with E-state index >= 15 is 0 Å². The molecule has 1 aliphatic heterocycles. The maximum absolute atomic E-state index is 5.80. The fourth-order valence-electron chi connectivity index (χ4n) is 8.71. The Hall–Kier alpha value is -4.26. The van der Waals surface area contributed by atoms with Crippen LogP contribution in [0.4, 0.5) is 5.69 Å². The maximum atomic E-state index is 5.80. The summed E-state index contributed by atoms with van der Waals surface area (Å²) < 4.78 is 5.94. The number of alkyl halides is 1. The van der Waals surface area contributed by atoms with Gasteiger partial charge in [0.05, 0.1) is 0 Å². The Bertz CT molecular complexity index is 2670. The molecule has 3 aromatic heterocycles. The van der Waals surface area contributed by atoms with Crippen LogP contribution in [0.25, 0.3) is 59.3 Å². The number of para-hydroxylation sites is 2. The van der Waals surface area contributed by atoms with E-state index in [0.717, 1.165) is 19.3 Å². The summed E-state index contributed by atoms with van der Waals surface area (Å²) in [6.45, 7) is 0. The normalized spacial score (nSPS) is 20.8. The predicted molar refractivity (Wildman–Crippen MR) is 196 cm³/mol. The van der Waals surface area contributed by atoms with Crippen LogP contribution in [0.2, 0.25) is 0 Å². The van der Waals surface area contributed by atoms with Crippen molar-refractivity contribution in [2.45, 2.75) is 29.1 Å². The molecule has 2 aliphatic carbocycles. The van der Waals surface area contributed by atoms with E-state index in [-0.39, 0.29) is 27.1 Å². The standard InChI is InChI=1S/C43H30IN2S/c1-2-13-26(14-3-1)39-42-40(30-18-8-11-21-36(30)47-42)45-43(44-39)31-23-22-25-12-4-5-15-27(25)32-24-33-28-16-6-9-19-34(28)46-35-20-10-7-17-29(35)38(37(31)32)41(33)46/h1-13,15-21,24,26,31,39H,14,22-23H2/q-1. The molecule has 0 saturated carbocycles. The molecule has 0 radical (unpaired) electrons. The van der Waals surface area contributed by atoms with Crippen molar-refractivity contribution in [2.75, 3.05) is 0 Å². The van der Waals surface area contributed by atoms with E-state index in [2.05, 4.69) is 132 Å². The predicted octanol–water partition coefficient (Wildman–Crippen LogP) is 8.75. The first kappa shape index (κ1) is 26.8. The van der Waals surface area contributed by atoms with Crippen molar-refractivity contribution in [2.24, 2.45) is 10.9 Å². The van der Waals surface area contributed by atoms with Gasteiger partial charge in [0.15, 0.2) is 0 Å². The fraction of sp³-hybridized carbons (Fsp3) is 0.140. The number of aromatic nitrogens is 1. The van der Waals surface area contributed by atoms with Crippen LogP contribution in [0.3, 0.4) is 0 Å². The summed E-state index contributed by atoms with van der Waals surface area (Å²) in [6.07, 6.45) is 12.6. The van der Waals surface area contributed by atoms with Crippen LogP contribution >= 0.6 is 11.3 Å². The number of hydrogen-bond donors (Lipinski definition) is 0. The van der Waals surface area contributed by atoms with Crippen LogP contribution in [0, 0.1) is 5.92 Å².